The largest absolute Gasteiger partial charge is 0.462 e. The molecule has 3 heteroatoms. The Kier molecular flexibility index (Phi) is 5.81. The van der Waals surface area contributed by atoms with Crippen molar-refractivity contribution in [1.29, 1.82) is 5.26 Å². The van der Waals surface area contributed by atoms with Gasteiger partial charge in [0.2, 0.25) is 0 Å². The summed E-state index contributed by atoms with van der Waals surface area (Å²) in [6.45, 7) is 9.20. The molecule has 0 aromatic carbocycles. The lowest BCUT2D eigenvalue weighted by molar-refractivity contribution is -0.154. The molecule has 0 aliphatic rings. The van der Waals surface area contributed by atoms with Crippen LogP contribution in [-0.4, -0.2) is 12.1 Å². The van der Waals surface area contributed by atoms with Crippen molar-refractivity contribution in [2.24, 2.45) is 5.41 Å². The molecule has 90 valence electrons. The average molecular weight is 223 g/mol. The van der Waals surface area contributed by atoms with Gasteiger partial charge in [0.05, 0.1) is 12.2 Å². The van der Waals surface area contributed by atoms with E-state index in [0.717, 1.165) is 12.0 Å². The Bertz CT molecular complexity index is 312. The maximum absolute atomic E-state index is 12.0. The van der Waals surface area contributed by atoms with Crippen LogP contribution in [0.1, 0.15) is 47.5 Å². The van der Waals surface area contributed by atoms with Gasteiger partial charge in [-0.3, -0.25) is 0 Å². The zero-order valence-electron chi connectivity index (χ0n) is 10.8. The summed E-state index contributed by atoms with van der Waals surface area (Å²) in [5.74, 6) is -0.435. The Morgan fingerprint density at radius 3 is 2.38 bits per heavy atom. The molecule has 0 aliphatic heterocycles. The number of nitriles is 1. The summed E-state index contributed by atoms with van der Waals surface area (Å²) in [7, 11) is 0. The second-order valence-corrected chi connectivity index (χ2v) is 4.12. The molecular weight excluding hydrogens is 202 g/mol. The lowest BCUT2D eigenvalue weighted by Gasteiger charge is -2.25. The van der Waals surface area contributed by atoms with Crippen molar-refractivity contribution in [3.05, 3.63) is 11.6 Å². The Balaban J connectivity index is 5.20. The minimum atomic E-state index is -1.11. The van der Waals surface area contributed by atoms with E-state index in [0.29, 0.717) is 6.42 Å². The van der Waals surface area contributed by atoms with Crippen LogP contribution < -0.4 is 0 Å². The molecule has 0 saturated carbocycles. The van der Waals surface area contributed by atoms with Crippen LogP contribution in [0.3, 0.4) is 0 Å². The van der Waals surface area contributed by atoms with Gasteiger partial charge in [-0.2, -0.15) is 5.26 Å². The summed E-state index contributed by atoms with van der Waals surface area (Å²) in [4.78, 5) is 12.0. The van der Waals surface area contributed by atoms with E-state index >= 15 is 0 Å². The van der Waals surface area contributed by atoms with Crippen LogP contribution >= 0.6 is 0 Å². The first-order chi connectivity index (χ1) is 7.44. The number of rotatable bonds is 5. The highest BCUT2D eigenvalue weighted by molar-refractivity contribution is 5.83. The minimum absolute atomic E-state index is 0.193. The molecule has 16 heavy (non-hydrogen) atoms. The lowest BCUT2D eigenvalue weighted by Crippen LogP contribution is -2.33. The molecular formula is C13H21NO2. The normalized spacial score (nSPS) is 15.4. The number of esters is 1. The molecule has 0 radical (unpaired) electrons. The molecule has 0 spiro atoms. The van der Waals surface area contributed by atoms with Crippen LogP contribution in [0, 0.1) is 16.7 Å². The van der Waals surface area contributed by atoms with Crippen molar-refractivity contribution < 1.29 is 9.53 Å². The average Bonchev–Trinajstić information content (AvgIpc) is 2.19. The number of ether oxygens (including phenoxy) is 1. The maximum Gasteiger partial charge on any atom is 0.330 e. The molecule has 0 aromatic heterocycles. The summed E-state index contributed by atoms with van der Waals surface area (Å²) < 4.78 is 5.16. The molecule has 0 saturated heterocycles. The predicted molar refractivity (Wildman–Crippen MR) is 63.6 cm³/mol. The van der Waals surface area contributed by atoms with Gasteiger partial charge in [0.25, 0.3) is 0 Å². The first-order valence-corrected chi connectivity index (χ1v) is 5.74. The number of hydrogen-bond acceptors (Lipinski definition) is 3. The highest BCUT2D eigenvalue weighted by Gasteiger charge is 2.40. The second-order valence-electron chi connectivity index (χ2n) is 4.12. The standard InChI is InChI=1S/C13H21NO2/c1-6-8-11(5)13(7-2,9-14)12(15)16-10(3)4/h8,10H,6-7H2,1-5H3/b11-8+. The maximum atomic E-state index is 12.0. The van der Waals surface area contributed by atoms with Crippen LogP contribution in [0.15, 0.2) is 11.6 Å². The van der Waals surface area contributed by atoms with E-state index in [-0.39, 0.29) is 6.10 Å². The number of carbonyl (C=O) groups excluding carboxylic acids is 1. The predicted octanol–water partition coefficient (Wildman–Crippen LogP) is 3.21. The van der Waals surface area contributed by atoms with Crippen molar-refractivity contribution in [3.63, 3.8) is 0 Å². The van der Waals surface area contributed by atoms with Gasteiger partial charge >= 0.3 is 5.97 Å². The SMILES string of the molecule is CC/C=C(\C)C(C#N)(CC)C(=O)OC(C)C. The molecule has 0 amide bonds. The zero-order valence-corrected chi connectivity index (χ0v) is 10.8. The second kappa shape index (κ2) is 6.32. The Morgan fingerprint density at radius 1 is 1.50 bits per heavy atom. The van der Waals surface area contributed by atoms with Gasteiger partial charge in [-0.25, -0.2) is 4.79 Å². The van der Waals surface area contributed by atoms with Crippen molar-refractivity contribution in [3.8, 4) is 6.07 Å². The van der Waals surface area contributed by atoms with Gasteiger partial charge in [-0.15, -0.1) is 0 Å². The van der Waals surface area contributed by atoms with Crippen LogP contribution in [0.2, 0.25) is 0 Å². The fraction of sp³-hybridized carbons (Fsp3) is 0.692. The first-order valence-electron chi connectivity index (χ1n) is 5.74. The third-order valence-electron chi connectivity index (χ3n) is 2.60. The van der Waals surface area contributed by atoms with Crippen LogP contribution in [0.4, 0.5) is 0 Å². The summed E-state index contributed by atoms with van der Waals surface area (Å²) >= 11 is 0. The summed E-state index contributed by atoms with van der Waals surface area (Å²) in [6.07, 6.45) is 2.97. The quantitative estimate of drug-likeness (QED) is 0.531. The van der Waals surface area contributed by atoms with E-state index < -0.39 is 11.4 Å². The van der Waals surface area contributed by atoms with Gasteiger partial charge < -0.3 is 4.74 Å². The van der Waals surface area contributed by atoms with E-state index in [9.17, 15) is 10.1 Å². The molecule has 0 N–H and O–H groups in total. The van der Waals surface area contributed by atoms with Gasteiger partial charge in [0, 0.05) is 0 Å². The number of carbonyl (C=O) groups is 1. The molecule has 0 rings (SSSR count). The van der Waals surface area contributed by atoms with Crippen molar-refractivity contribution >= 4 is 5.97 Å². The number of nitrogens with zero attached hydrogens (tertiary/aromatic N) is 1. The van der Waals surface area contributed by atoms with Gasteiger partial charge in [-0.1, -0.05) is 19.9 Å². The molecule has 0 aliphatic carbocycles. The molecule has 1 unspecified atom stereocenters. The molecule has 0 aromatic rings. The lowest BCUT2D eigenvalue weighted by atomic mass is 9.79. The summed E-state index contributed by atoms with van der Waals surface area (Å²) in [5, 5.41) is 9.27. The zero-order chi connectivity index (χ0) is 12.8. The Hall–Kier alpha value is -1.30. The third kappa shape index (κ3) is 3.10. The molecule has 0 fully saturated rings. The molecule has 0 heterocycles. The third-order valence-corrected chi connectivity index (χ3v) is 2.60. The topological polar surface area (TPSA) is 50.1 Å². The number of hydrogen-bond donors (Lipinski definition) is 0. The molecule has 3 nitrogen and oxygen atoms in total. The van der Waals surface area contributed by atoms with Crippen LogP contribution in [-0.2, 0) is 9.53 Å². The smallest absolute Gasteiger partial charge is 0.330 e. The Morgan fingerprint density at radius 2 is 2.06 bits per heavy atom. The van der Waals surface area contributed by atoms with Crippen LogP contribution in [0.5, 0.6) is 0 Å². The van der Waals surface area contributed by atoms with E-state index in [2.05, 4.69) is 6.07 Å². The molecule has 1 atom stereocenters. The first kappa shape index (κ1) is 14.7. The van der Waals surface area contributed by atoms with Gasteiger partial charge in [-0.05, 0) is 39.2 Å². The fourth-order valence-corrected chi connectivity index (χ4v) is 1.59. The Labute approximate surface area is 98.1 Å². The van der Waals surface area contributed by atoms with Crippen molar-refractivity contribution in [2.45, 2.75) is 53.6 Å². The highest BCUT2D eigenvalue weighted by atomic mass is 16.5. The van der Waals surface area contributed by atoms with Crippen LogP contribution in [0.25, 0.3) is 0 Å². The highest BCUT2D eigenvalue weighted by Crippen LogP contribution is 2.32. The summed E-state index contributed by atoms with van der Waals surface area (Å²) in [5.41, 5.74) is -0.328. The van der Waals surface area contributed by atoms with E-state index in [1.807, 2.05) is 26.8 Å². The fourth-order valence-electron chi connectivity index (χ4n) is 1.59. The minimum Gasteiger partial charge on any atom is -0.462 e. The van der Waals surface area contributed by atoms with Gasteiger partial charge in [0.15, 0.2) is 5.41 Å². The van der Waals surface area contributed by atoms with Crippen molar-refractivity contribution in [2.75, 3.05) is 0 Å². The van der Waals surface area contributed by atoms with E-state index in [1.54, 1.807) is 13.8 Å². The monoisotopic (exact) mass is 223 g/mol. The van der Waals surface area contributed by atoms with E-state index in [4.69, 9.17) is 4.74 Å². The molecule has 0 bridgehead atoms. The van der Waals surface area contributed by atoms with Crippen molar-refractivity contribution in [1.82, 2.24) is 0 Å². The van der Waals surface area contributed by atoms with Gasteiger partial charge in [0.1, 0.15) is 0 Å². The van der Waals surface area contributed by atoms with E-state index in [1.165, 1.54) is 0 Å². The summed E-state index contributed by atoms with van der Waals surface area (Å²) in [6, 6.07) is 2.11. The number of allylic oxidation sites excluding steroid dienone is 1.